The van der Waals surface area contributed by atoms with Crippen molar-refractivity contribution in [2.75, 3.05) is 5.32 Å². The van der Waals surface area contributed by atoms with E-state index in [2.05, 4.69) is 15.3 Å². The van der Waals surface area contributed by atoms with E-state index in [1.807, 2.05) is 55.5 Å². The van der Waals surface area contributed by atoms with E-state index >= 15 is 0 Å². The summed E-state index contributed by atoms with van der Waals surface area (Å²) in [5.74, 6) is -0.145. The van der Waals surface area contributed by atoms with Crippen LogP contribution in [0.2, 0.25) is 0 Å². The number of fused-ring (bicyclic) bond motifs is 1. The lowest BCUT2D eigenvalue weighted by Crippen LogP contribution is -2.23. The zero-order valence-corrected chi connectivity index (χ0v) is 16.7. The molecule has 2 aromatic heterocycles. The monoisotopic (exact) mass is 398 g/mol. The standard InChI is InChI=1S/C24H22N4O2/c1-17-3-2-4-21-23(17)26-16-28(24(21)30)14-11-22(29)27-20-7-5-18(6-8-20)15-19-9-12-25-13-10-19/h2-10,12-13,16H,11,14-15H2,1H3,(H,27,29). The van der Waals surface area contributed by atoms with Crippen LogP contribution in [0.25, 0.3) is 10.9 Å². The number of hydrogen-bond acceptors (Lipinski definition) is 4. The van der Waals surface area contributed by atoms with Gasteiger partial charge in [-0.05, 0) is 60.4 Å². The highest BCUT2D eigenvalue weighted by Crippen LogP contribution is 2.14. The van der Waals surface area contributed by atoms with Crippen molar-refractivity contribution in [1.29, 1.82) is 0 Å². The number of rotatable bonds is 6. The molecule has 1 amide bonds. The van der Waals surface area contributed by atoms with Crippen LogP contribution in [0.1, 0.15) is 23.1 Å². The van der Waals surface area contributed by atoms with Gasteiger partial charge in [-0.3, -0.25) is 19.1 Å². The molecule has 6 nitrogen and oxygen atoms in total. The molecule has 150 valence electrons. The van der Waals surface area contributed by atoms with Gasteiger partial charge in [0, 0.05) is 31.0 Å². The predicted molar refractivity (Wildman–Crippen MR) is 117 cm³/mol. The fraction of sp³-hybridized carbons (Fsp3) is 0.167. The maximum absolute atomic E-state index is 12.6. The Morgan fingerprint density at radius 2 is 1.73 bits per heavy atom. The predicted octanol–water partition coefficient (Wildman–Crippen LogP) is 3.72. The highest BCUT2D eigenvalue weighted by Gasteiger charge is 2.08. The second-order valence-electron chi connectivity index (χ2n) is 7.24. The first-order chi connectivity index (χ1) is 14.6. The van der Waals surface area contributed by atoms with Gasteiger partial charge in [0.1, 0.15) is 0 Å². The first-order valence-corrected chi connectivity index (χ1v) is 9.82. The third-order valence-electron chi connectivity index (χ3n) is 5.03. The third kappa shape index (κ3) is 4.43. The molecular formula is C24H22N4O2. The Labute approximate surface area is 174 Å². The highest BCUT2D eigenvalue weighted by atomic mass is 16.1. The molecule has 0 unspecified atom stereocenters. The van der Waals surface area contributed by atoms with E-state index in [9.17, 15) is 9.59 Å². The molecular weight excluding hydrogens is 376 g/mol. The van der Waals surface area contributed by atoms with E-state index in [-0.39, 0.29) is 24.4 Å². The van der Waals surface area contributed by atoms with Crippen LogP contribution in [0.5, 0.6) is 0 Å². The van der Waals surface area contributed by atoms with Crippen molar-refractivity contribution < 1.29 is 4.79 Å². The second kappa shape index (κ2) is 8.69. The summed E-state index contributed by atoms with van der Waals surface area (Å²) in [6.07, 6.45) is 6.08. The molecule has 2 aromatic carbocycles. The van der Waals surface area contributed by atoms with E-state index in [1.54, 1.807) is 18.5 Å². The molecule has 2 heterocycles. The zero-order chi connectivity index (χ0) is 20.9. The summed E-state index contributed by atoms with van der Waals surface area (Å²) in [6, 6.07) is 17.3. The number of aryl methyl sites for hydroxylation is 2. The average Bonchev–Trinajstić information content (AvgIpc) is 2.76. The zero-order valence-electron chi connectivity index (χ0n) is 16.7. The van der Waals surface area contributed by atoms with Crippen molar-refractivity contribution in [2.45, 2.75) is 26.3 Å². The van der Waals surface area contributed by atoms with E-state index in [4.69, 9.17) is 0 Å². The number of para-hydroxylation sites is 1. The highest BCUT2D eigenvalue weighted by molar-refractivity contribution is 5.90. The van der Waals surface area contributed by atoms with Gasteiger partial charge in [-0.15, -0.1) is 0 Å². The van der Waals surface area contributed by atoms with Gasteiger partial charge in [0.05, 0.1) is 17.2 Å². The number of hydrogen-bond donors (Lipinski definition) is 1. The minimum atomic E-state index is -0.145. The van der Waals surface area contributed by atoms with Gasteiger partial charge in [0.2, 0.25) is 5.91 Å². The van der Waals surface area contributed by atoms with Gasteiger partial charge in [0.15, 0.2) is 0 Å². The summed E-state index contributed by atoms with van der Waals surface area (Å²) in [5.41, 5.74) is 4.61. The SMILES string of the molecule is Cc1cccc2c(=O)n(CCC(=O)Nc3ccc(Cc4ccncc4)cc3)cnc12. The molecule has 6 heteroatoms. The second-order valence-corrected chi connectivity index (χ2v) is 7.24. The molecule has 0 spiro atoms. The van der Waals surface area contributed by atoms with Crippen LogP contribution >= 0.6 is 0 Å². The molecule has 0 aliphatic carbocycles. The molecule has 0 aliphatic rings. The number of carbonyl (C=O) groups is 1. The number of carbonyl (C=O) groups excluding carboxylic acids is 1. The summed E-state index contributed by atoms with van der Waals surface area (Å²) in [6.45, 7) is 2.20. The number of nitrogens with one attached hydrogen (secondary N) is 1. The van der Waals surface area contributed by atoms with Gasteiger partial charge in [-0.1, -0.05) is 24.3 Å². The normalized spacial score (nSPS) is 10.8. The molecule has 0 saturated carbocycles. The van der Waals surface area contributed by atoms with Crippen molar-refractivity contribution in [3.63, 3.8) is 0 Å². The number of aromatic nitrogens is 3. The number of anilines is 1. The van der Waals surface area contributed by atoms with E-state index in [1.165, 1.54) is 16.5 Å². The summed E-state index contributed by atoms with van der Waals surface area (Å²) >= 11 is 0. The smallest absolute Gasteiger partial charge is 0.261 e. The molecule has 0 aliphatic heterocycles. The van der Waals surface area contributed by atoms with Gasteiger partial charge < -0.3 is 5.32 Å². The maximum atomic E-state index is 12.6. The lowest BCUT2D eigenvalue weighted by Gasteiger charge is -2.09. The Hall–Kier alpha value is -3.80. The van der Waals surface area contributed by atoms with Crippen molar-refractivity contribution >= 4 is 22.5 Å². The first-order valence-electron chi connectivity index (χ1n) is 9.82. The first kappa shape index (κ1) is 19.5. The fourth-order valence-corrected chi connectivity index (χ4v) is 3.38. The van der Waals surface area contributed by atoms with Gasteiger partial charge in [-0.25, -0.2) is 4.98 Å². The van der Waals surface area contributed by atoms with Crippen LogP contribution in [-0.2, 0) is 17.8 Å². The lowest BCUT2D eigenvalue weighted by molar-refractivity contribution is -0.116. The summed E-state index contributed by atoms with van der Waals surface area (Å²) in [4.78, 5) is 33.4. The molecule has 4 rings (SSSR count). The largest absolute Gasteiger partial charge is 0.326 e. The molecule has 30 heavy (non-hydrogen) atoms. The van der Waals surface area contributed by atoms with Gasteiger partial charge in [0.25, 0.3) is 5.56 Å². The van der Waals surface area contributed by atoms with Crippen LogP contribution in [0.15, 0.2) is 78.1 Å². The van der Waals surface area contributed by atoms with Crippen LogP contribution < -0.4 is 10.9 Å². The number of benzene rings is 2. The van der Waals surface area contributed by atoms with Crippen molar-refractivity contribution in [2.24, 2.45) is 0 Å². The Kier molecular flexibility index (Phi) is 5.66. The lowest BCUT2D eigenvalue weighted by atomic mass is 10.1. The van der Waals surface area contributed by atoms with Crippen molar-refractivity contribution in [3.8, 4) is 0 Å². The Morgan fingerprint density at radius 3 is 2.50 bits per heavy atom. The number of nitrogens with zero attached hydrogens (tertiary/aromatic N) is 3. The molecule has 0 fully saturated rings. The number of amides is 1. The molecule has 0 atom stereocenters. The van der Waals surface area contributed by atoms with Crippen molar-refractivity contribution in [3.05, 3.63) is 100 Å². The fourth-order valence-electron chi connectivity index (χ4n) is 3.38. The van der Waals surface area contributed by atoms with Gasteiger partial charge in [-0.2, -0.15) is 0 Å². The summed E-state index contributed by atoms with van der Waals surface area (Å²) in [5, 5.41) is 3.46. The molecule has 0 bridgehead atoms. The summed E-state index contributed by atoms with van der Waals surface area (Å²) in [7, 11) is 0. The minimum Gasteiger partial charge on any atom is -0.326 e. The van der Waals surface area contributed by atoms with E-state index < -0.39 is 0 Å². The van der Waals surface area contributed by atoms with Crippen LogP contribution in [0.3, 0.4) is 0 Å². The Bertz CT molecular complexity index is 1230. The topological polar surface area (TPSA) is 76.9 Å². The summed E-state index contributed by atoms with van der Waals surface area (Å²) < 4.78 is 1.49. The minimum absolute atomic E-state index is 0.128. The third-order valence-corrected chi connectivity index (χ3v) is 5.03. The molecule has 4 aromatic rings. The van der Waals surface area contributed by atoms with Crippen LogP contribution in [0.4, 0.5) is 5.69 Å². The van der Waals surface area contributed by atoms with Crippen LogP contribution in [0, 0.1) is 6.92 Å². The van der Waals surface area contributed by atoms with E-state index in [0.29, 0.717) is 10.9 Å². The van der Waals surface area contributed by atoms with Gasteiger partial charge >= 0.3 is 0 Å². The quantitative estimate of drug-likeness (QED) is 0.537. The average molecular weight is 398 g/mol. The number of pyridine rings is 1. The molecule has 0 saturated heterocycles. The van der Waals surface area contributed by atoms with Crippen LogP contribution in [-0.4, -0.2) is 20.4 Å². The Morgan fingerprint density at radius 1 is 1.00 bits per heavy atom. The maximum Gasteiger partial charge on any atom is 0.261 e. The molecule has 0 radical (unpaired) electrons. The van der Waals surface area contributed by atoms with Crippen molar-refractivity contribution in [1.82, 2.24) is 14.5 Å². The van der Waals surface area contributed by atoms with E-state index in [0.717, 1.165) is 23.2 Å². The Balaban J connectivity index is 1.36. The molecule has 1 N–H and O–H groups in total.